The molecule has 9 heteroatoms. The molecule has 2 aliphatic heterocycles. The van der Waals surface area contributed by atoms with Crippen molar-refractivity contribution < 1.29 is 13.2 Å². The molecule has 5 nitrogen and oxygen atoms in total. The summed E-state index contributed by atoms with van der Waals surface area (Å²) in [5.74, 6) is -1.45. The van der Waals surface area contributed by atoms with E-state index in [1.165, 1.54) is 11.8 Å². The molecule has 1 aromatic carbocycles. The number of aryl methyl sites for hydroxylation is 1. The summed E-state index contributed by atoms with van der Waals surface area (Å²) < 4.78 is 46.7. The molecule has 2 aliphatic rings. The van der Waals surface area contributed by atoms with Gasteiger partial charge in [0.15, 0.2) is 0 Å². The van der Waals surface area contributed by atoms with Gasteiger partial charge in [-0.05, 0) is 69.7 Å². The lowest BCUT2D eigenvalue weighted by atomic mass is 9.92. The fourth-order valence-electron chi connectivity index (χ4n) is 5.99. The summed E-state index contributed by atoms with van der Waals surface area (Å²) in [4.78, 5) is 21.3. The molecule has 1 aromatic heterocycles. The van der Waals surface area contributed by atoms with E-state index >= 15 is 4.39 Å². The van der Waals surface area contributed by atoms with Gasteiger partial charge in [0, 0.05) is 56.0 Å². The molecule has 228 valence electrons. The summed E-state index contributed by atoms with van der Waals surface area (Å²) in [7, 11) is 4.18. The van der Waals surface area contributed by atoms with Gasteiger partial charge in [-0.3, -0.25) is 14.3 Å². The van der Waals surface area contributed by atoms with Crippen molar-refractivity contribution in [2.24, 2.45) is 0 Å². The molecule has 1 fully saturated rings. The van der Waals surface area contributed by atoms with E-state index in [1.807, 2.05) is 6.92 Å². The molecule has 42 heavy (non-hydrogen) atoms. The van der Waals surface area contributed by atoms with E-state index in [-0.39, 0.29) is 34.7 Å². The Kier molecular flexibility index (Phi) is 11.0. The van der Waals surface area contributed by atoms with Gasteiger partial charge >= 0.3 is 0 Å². The van der Waals surface area contributed by atoms with E-state index < -0.39 is 17.5 Å². The quantitative estimate of drug-likeness (QED) is 0.272. The van der Waals surface area contributed by atoms with Crippen LogP contribution in [0, 0.1) is 12.7 Å². The van der Waals surface area contributed by atoms with E-state index in [9.17, 15) is 13.6 Å². The van der Waals surface area contributed by atoms with Gasteiger partial charge in [-0.2, -0.15) is 0 Å². The summed E-state index contributed by atoms with van der Waals surface area (Å²) in [5.41, 5.74) is 1.68. The SMILES string of the molecule is C=C/C(F)=C(/Cc1c(C)c(-c2cccc(CC)c2F)c(=O)n2c1SCC2CN1CCN(CCCN(C)C)CC1)C(=C)F. The van der Waals surface area contributed by atoms with Gasteiger partial charge in [-0.1, -0.05) is 38.3 Å². The molecule has 3 heterocycles. The second-order valence-electron chi connectivity index (χ2n) is 11.5. The van der Waals surface area contributed by atoms with Crippen molar-refractivity contribution in [3.8, 4) is 11.1 Å². The van der Waals surface area contributed by atoms with Crippen molar-refractivity contribution in [1.29, 1.82) is 0 Å². The van der Waals surface area contributed by atoms with E-state index in [0.29, 0.717) is 40.4 Å². The Morgan fingerprint density at radius 2 is 1.86 bits per heavy atom. The van der Waals surface area contributed by atoms with Crippen molar-refractivity contribution in [3.05, 3.63) is 87.5 Å². The lowest BCUT2D eigenvalue weighted by molar-refractivity contribution is 0.118. The standard InChI is InChI=1S/C33H43F3N4OS/c1-7-24-11-9-12-26(31(24)36)30-22(3)27(19-28(23(4)34)29(35)8-2)33-40(32(30)41)25(21-42-33)20-39-17-15-38(16-18-39)14-10-13-37(5)6/h8-9,11-12,25H,2,4,7,10,13-21H2,1,3,5-6H3/b29-28+. The Morgan fingerprint density at radius 1 is 1.17 bits per heavy atom. The number of aromatic nitrogens is 1. The highest BCUT2D eigenvalue weighted by atomic mass is 32.2. The summed E-state index contributed by atoms with van der Waals surface area (Å²) >= 11 is 1.53. The molecule has 0 saturated carbocycles. The van der Waals surface area contributed by atoms with Gasteiger partial charge in [0.25, 0.3) is 5.56 Å². The number of halogens is 3. The van der Waals surface area contributed by atoms with Gasteiger partial charge in [0.2, 0.25) is 0 Å². The summed E-state index contributed by atoms with van der Waals surface area (Å²) in [6, 6.07) is 4.95. The molecule has 0 amide bonds. The number of pyridine rings is 1. The van der Waals surface area contributed by atoms with Gasteiger partial charge in [-0.25, -0.2) is 13.2 Å². The monoisotopic (exact) mass is 600 g/mol. The number of hydrogen-bond donors (Lipinski definition) is 0. The lowest BCUT2D eigenvalue weighted by Crippen LogP contribution is -2.48. The number of allylic oxidation sites excluding steroid dienone is 4. The van der Waals surface area contributed by atoms with Crippen molar-refractivity contribution in [2.45, 2.75) is 44.2 Å². The highest BCUT2D eigenvalue weighted by Crippen LogP contribution is 2.41. The zero-order chi connectivity index (χ0) is 30.6. The van der Waals surface area contributed by atoms with Gasteiger partial charge < -0.3 is 9.80 Å². The largest absolute Gasteiger partial charge is 0.309 e. The number of rotatable bonds is 12. The first-order valence-corrected chi connectivity index (χ1v) is 15.7. The first-order chi connectivity index (χ1) is 20.1. The minimum absolute atomic E-state index is 0.109. The number of benzene rings is 1. The Labute approximate surface area is 252 Å². The van der Waals surface area contributed by atoms with Crippen molar-refractivity contribution in [1.82, 2.24) is 19.3 Å². The minimum atomic E-state index is -0.888. The van der Waals surface area contributed by atoms with Crippen LogP contribution in [0.3, 0.4) is 0 Å². The molecule has 1 atom stereocenters. The number of thioether (sulfide) groups is 1. The Balaban J connectivity index is 1.72. The average molecular weight is 601 g/mol. The lowest BCUT2D eigenvalue weighted by Gasteiger charge is -2.36. The van der Waals surface area contributed by atoms with E-state index in [0.717, 1.165) is 51.8 Å². The third kappa shape index (κ3) is 6.96. The molecule has 2 aromatic rings. The van der Waals surface area contributed by atoms with Gasteiger partial charge in [0.1, 0.15) is 17.5 Å². The van der Waals surface area contributed by atoms with Crippen LogP contribution in [0.1, 0.15) is 36.1 Å². The van der Waals surface area contributed by atoms with Crippen LogP contribution in [0.5, 0.6) is 0 Å². The Morgan fingerprint density at radius 3 is 2.48 bits per heavy atom. The first-order valence-electron chi connectivity index (χ1n) is 14.7. The molecule has 0 bridgehead atoms. The van der Waals surface area contributed by atoms with Gasteiger partial charge in [-0.15, -0.1) is 11.8 Å². The molecular formula is C33H43F3N4OS. The smallest absolute Gasteiger partial charge is 0.260 e. The van der Waals surface area contributed by atoms with Crippen LogP contribution in [-0.2, 0) is 12.8 Å². The molecular weight excluding hydrogens is 557 g/mol. The van der Waals surface area contributed by atoms with Crippen LogP contribution in [0.4, 0.5) is 13.2 Å². The maximum atomic E-state index is 15.7. The van der Waals surface area contributed by atoms with Crippen LogP contribution in [0.25, 0.3) is 11.1 Å². The zero-order valence-electron chi connectivity index (χ0n) is 25.3. The fraction of sp³-hybridized carbons (Fsp3) is 0.485. The molecule has 1 unspecified atom stereocenters. The molecule has 0 spiro atoms. The fourth-order valence-corrected chi connectivity index (χ4v) is 7.36. The number of fused-ring (bicyclic) bond motifs is 1. The third-order valence-electron chi connectivity index (χ3n) is 8.41. The topological polar surface area (TPSA) is 31.7 Å². The normalized spacial score (nSPS) is 18.3. The van der Waals surface area contributed by atoms with Crippen molar-refractivity contribution in [3.63, 3.8) is 0 Å². The van der Waals surface area contributed by atoms with E-state index in [1.54, 1.807) is 29.7 Å². The third-order valence-corrected chi connectivity index (χ3v) is 9.67. The van der Waals surface area contributed by atoms with Crippen molar-refractivity contribution in [2.75, 3.05) is 65.7 Å². The van der Waals surface area contributed by atoms with E-state index in [4.69, 9.17) is 0 Å². The molecule has 0 radical (unpaired) electrons. The van der Waals surface area contributed by atoms with Crippen LogP contribution in [0.2, 0.25) is 0 Å². The second-order valence-corrected chi connectivity index (χ2v) is 12.5. The maximum absolute atomic E-state index is 15.7. The van der Waals surface area contributed by atoms with E-state index in [2.05, 4.69) is 42.0 Å². The van der Waals surface area contributed by atoms with Crippen molar-refractivity contribution >= 4 is 11.8 Å². The first kappa shape index (κ1) is 32.3. The predicted octanol–water partition coefficient (Wildman–Crippen LogP) is 6.18. The summed E-state index contributed by atoms with van der Waals surface area (Å²) in [5, 5.41) is 0.691. The number of piperazine rings is 1. The second kappa shape index (κ2) is 14.3. The molecule has 0 aliphatic carbocycles. The highest BCUT2D eigenvalue weighted by molar-refractivity contribution is 7.99. The molecule has 1 saturated heterocycles. The van der Waals surface area contributed by atoms with Crippen LogP contribution in [-0.4, -0.2) is 84.9 Å². The summed E-state index contributed by atoms with van der Waals surface area (Å²) in [6.07, 6.45) is 2.47. The highest BCUT2D eigenvalue weighted by Gasteiger charge is 2.33. The predicted molar refractivity (Wildman–Crippen MR) is 168 cm³/mol. The number of hydrogen-bond acceptors (Lipinski definition) is 5. The number of nitrogens with zero attached hydrogens (tertiary/aromatic N) is 4. The molecule has 0 N–H and O–H groups in total. The minimum Gasteiger partial charge on any atom is -0.309 e. The zero-order valence-corrected chi connectivity index (χ0v) is 26.1. The molecule has 4 rings (SSSR count). The Hall–Kier alpha value is -2.59. The average Bonchev–Trinajstić information content (AvgIpc) is 3.37. The van der Waals surface area contributed by atoms with Gasteiger partial charge in [0.05, 0.1) is 16.6 Å². The summed E-state index contributed by atoms with van der Waals surface area (Å²) in [6.45, 7) is 17.0. The Bertz CT molecular complexity index is 1410. The van der Waals surface area contributed by atoms with Crippen LogP contribution >= 0.6 is 11.8 Å². The van der Waals surface area contributed by atoms with Crippen LogP contribution < -0.4 is 5.56 Å². The maximum Gasteiger partial charge on any atom is 0.260 e. The van der Waals surface area contributed by atoms with Crippen LogP contribution in [0.15, 0.2) is 64.5 Å².